The third-order valence-corrected chi connectivity index (χ3v) is 8.82. The Morgan fingerprint density at radius 1 is 1.07 bits per heavy atom. The fraction of sp³-hybridized carbons (Fsp3) is 0.500. The maximum absolute atomic E-state index is 14.3. The van der Waals surface area contributed by atoms with Gasteiger partial charge in [-0.05, 0) is 78.8 Å². The molecule has 1 atom stereocenters. The zero-order valence-corrected chi connectivity index (χ0v) is 25.9. The Bertz CT molecular complexity index is 1320. The Kier molecular flexibility index (Phi) is 9.19. The van der Waals surface area contributed by atoms with E-state index in [4.69, 9.17) is 33.3 Å². The van der Waals surface area contributed by atoms with E-state index in [-0.39, 0.29) is 42.2 Å². The van der Waals surface area contributed by atoms with Crippen LogP contribution in [0.2, 0.25) is 10.0 Å². The van der Waals surface area contributed by atoms with E-state index in [1.165, 1.54) is 0 Å². The fourth-order valence-electron chi connectivity index (χ4n) is 6.22. The van der Waals surface area contributed by atoms with E-state index >= 15 is 0 Å². The maximum atomic E-state index is 14.3. The molecule has 1 spiro atoms. The molecule has 2 amide bonds. The molecule has 2 aromatic carbocycles. The predicted octanol–water partition coefficient (Wildman–Crippen LogP) is 7.16. The Labute approximate surface area is 252 Å². The summed E-state index contributed by atoms with van der Waals surface area (Å²) < 4.78 is 0. The number of aliphatic carboxylic acids is 1. The Balaban J connectivity index is 1.70. The standard InChI is InChI=1S/C32H39Cl2N3O4/c1-19(2)28(20-6-8-21(9-7-20)29(40)35-15-12-26(38)39)37-30(41)27(22-16-24(33)18-25(34)17-22)36-32(37)13-10-23(11-14-32)31(3,4)5/h6-9,16-19,23,28H,10-15H2,1-5H3,(H,35,40)(H,38,39)/t23?,28-,32?/m0/s1. The van der Waals surface area contributed by atoms with Gasteiger partial charge in [0.2, 0.25) is 0 Å². The number of hydrogen-bond donors (Lipinski definition) is 2. The molecule has 4 rings (SSSR count). The van der Waals surface area contributed by atoms with Crippen LogP contribution in [0.25, 0.3) is 0 Å². The van der Waals surface area contributed by atoms with E-state index in [1.54, 1.807) is 30.3 Å². The highest BCUT2D eigenvalue weighted by molar-refractivity contribution is 6.47. The van der Waals surface area contributed by atoms with Crippen molar-refractivity contribution in [3.8, 4) is 0 Å². The van der Waals surface area contributed by atoms with Crippen LogP contribution in [0.3, 0.4) is 0 Å². The number of hydrogen-bond acceptors (Lipinski definition) is 4. The van der Waals surface area contributed by atoms with Crippen molar-refractivity contribution in [2.75, 3.05) is 6.54 Å². The molecule has 220 valence electrons. The van der Waals surface area contributed by atoms with Crippen LogP contribution in [0.4, 0.5) is 0 Å². The lowest BCUT2D eigenvalue weighted by molar-refractivity contribution is -0.137. The highest BCUT2D eigenvalue weighted by atomic mass is 35.5. The number of aliphatic imine (C=N–C) groups is 1. The lowest BCUT2D eigenvalue weighted by Crippen LogP contribution is -2.52. The van der Waals surface area contributed by atoms with Gasteiger partial charge in [0, 0.05) is 27.7 Å². The number of carboxylic acids is 1. The molecule has 0 aromatic heterocycles. The highest BCUT2D eigenvalue weighted by Gasteiger charge is 2.53. The fourth-order valence-corrected chi connectivity index (χ4v) is 6.75. The molecule has 2 N–H and O–H groups in total. The van der Waals surface area contributed by atoms with E-state index in [0.29, 0.717) is 32.8 Å². The number of amides is 2. The van der Waals surface area contributed by atoms with E-state index in [0.717, 1.165) is 31.2 Å². The summed E-state index contributed by atoms with van der Waals surface area (Å²) in [6.07, 6.45) is 3.29. The number of nitrogens with one attached hydrogen (secondary N) is 1. The average molecular weight is 601 g/mol. The maximum Gasteiger partial charge on any atom is 0.305 e. The van der Waals surface area contributed by atoms with Crippen LogP contribution in [0.5, 0.6) is 0 Å². The third-order valence-electron chi connectivity index (χ3n) is 8.39. The van der Waals surface area contributed by atoms with Gasteiger partial charge in [-0.3, -0.25) is 19.4 Å². The number of carbonyl (C=O) groups is 3. The van der Waals surface area contributed by atoms with Gasteiger partial charge in [-0.2, -0.15) is 0 Å². The van der Waals surface area contributed by atoms with E-state index in [1.807, 2.05) is 17.0 Å². The molecule has 1 heterocycles. The number of benzene rings is 2. The summed E-state index contributed by atoms with van der Waals surface area (Å²) in [5, 5.41) is 12.4. The van der Waals surface area contributed by atoms with Crippen molar-refractivity contribution in [1.29, 1.82) is 0 Å². The van der Waals surface area contributed by atoms with Crippen LogP contribution in [0.1, 0.15) is 94.2 Å². The van der Waals surface area contributed by atoms with Gasteiger partial charge < -0.3 is 15.3 Å². The molecule has 41 heavy (non-hydrogen) atoms. The second-order valence-electron chi connectivity index (χ2n) is 12.6. The number of carboxylic acid groups (broad SMARTS) is 1. The predicted molar refractivity (Wildman–Crippen MR) is 163 cm³/mol. The molecule has 1 fully saturated rings. The largest absolute Gasteiger partial charge is 0.481 e. The normalized spacial score (nSPS) is 21.8. The summed E-state index contributed by atoms with van der Waals surface area (Å²) in [5.41, 5.74) is 1.81. The summed E-state index contributed by atoms with van der Waals surface area (Å²) >= 11 is 12.7. The summed E-state index contributed by atoms with van der Waals surface area (Å²) in [7, 11) is 0. The van der Waals surface area contributed by atoms with Crippen LogP contribution in [0.15, 0.2) is 47.5 Å². The molecule has 0 saturated heterocycles. The van der Waals surface area contributed by atoms with E-state index < -0.39 is 11.6 Å². The summed E-state index contributed by atoms with van der Waals surface area (Å²) in [6, 6.07) is 12.1. The van der Waals surface area contributed by atoms with Crippen LogP contribution < -0.4 is 5.32 Å². The molecule has 0 unspecified atom stereocenters. The number of nitrogens with zero attached hydrogens (tertiary/aromatic N) is 2. The summed E-state index contributed by atoms with van der Waals surface area (Å²) in [6.45, 7) is 11.0. The topological polar surface area (TPSA) is 99.1 Å². The second kappa shape index (κ2) is 12.1. The number of carbonyl (C=O) groups excluding carboxylic acids is 2. The zero-order valence-electron chi connectivity index (χ0n) is 24.3. The first-order valence-corrected chi connectivity index (χ1v) is 15.0. The summed E-state index contributed by atoms with van der Waals surface area (Å²) in [4.78, 5) is 44.9. The first kappa shape index (κ1) is 31.0. The minimum Gasteiger partial charge on any atom is -0.481 e. The Morgan fingerprint density at radius 3 is 2.17 bits per heavy atom. The molecule has 1 aliphatic heterocycles. The van der Waals surface area contributed by atoms with Gasteiger partial charge in [0.15, 0.2) is 0 Å². The first-order valence-electron chi connectivity index (χ1n) is 14.2. The minimum absolute atomic E-state index is 0.0541. The second-order valence-corrected chi connectivity index (χ2v) is 13.5. The first-order chi connectivity index (χ1) is 19.2. The van der Waals surface area contributed by atoms with Crippen molar-refractivity contribution in [1.82, 2.24) is 10.2 Å². The van der Waals surface area contributed by atoms with Gasteiger partial charge in [-0.25, -0.2) is 0 Å². The van der Waals surface area contributed by atoms with E-state index in [9.17, 15) is 14.4 Å². The molecular formula is C32H39Cl2N3O4. The van der Waals surface area contributed by atoms with E-state index in [2.05, 4.69) is 39.9 Å². The van der Waals surface area contributed by atoms with Crippen molar-refractivity contribution >= 4 is 46.7 Å². The van der Waals surface area contributed by atoms with Crippen molar-refractivity contribution in [2.45, 2.75) is 78.4 Å². The molecule has 7 nitrogen and oxygen atoms in total. The third kappa shape index (κ3) is 6.78. The van der Waals surface area contributed by atoms with Crippen LogP contribution in [-0.2, 0) is 9.59 Å². The SMILES string of the molecule is CC(C)[C@@H](c1ccc(C(=O)NCCC(=O)O)cc1)N1C(=O)C(c2cc(Cl)cc(Cl)c2)=NC12CCC(C(C)(C)C)CC2. The minimum atomic E-state index is -0.970. The van der Waals surface area contributed by atoms with Gasteiger partial charge in [0.05, 0.1) is 12.5 Å². The molecule has 1 saturated carbocycles. The van der Waals surface area contributed by atoms with Gasteiger partial charge in [-0.15, -0.1) is 0 Å². The summed E-state index contributed by atoms with van der Waals surface area (Å²) in [5.74, 6) is -0.864. The van der Waals surface area contributed by atoms with Gasteiger partial charge in [-0.1, -0.05) is 70.0 Å². The molecule has 0 radical (unpaired) electrons. The monoisotopic (exact) mass is 599 g/mol. The van der Waals surface area contributed by atoms with Crippen LogP contribution in [-0.4, -0.2) is 45.7 Å². The van der Waals surface area contributed by atoms with Crippen LogP contribution >= 0.6 is 23.2 Å². The number of halogens is 2. The van der Waals surface area contributed by atoms with Crippen molar-refractivity contribution in [3.63, 3.8) is 0 Å². The molecular weight excluding hydrogens is 561 g/mol. The Hall–Kier alpha value is -2.90. The highest BCUT2D eigenvalue weighted by Crippen LogP contribution is 2.50. The molecule has 2 aromatic rings. The smallest absolute Gasteiger partial charge is 0.305 e. The van der Waals surface area contributed by atoms with Crippen molar-refractivity contribution in [2.24, 2.45) is 22.2 Å². The van der Waals surface area contributed by atoms with Gasteiger partial charge in [0.1, 0.15) is 11.4 Å². The Morgan fingerprint density at radius 2 is 1.66 bits per heavy atom. The lowest BCUT2D eigenvalue weighted by Gasteiger charge is -2.48. The lowest BCUT2D eigenvalue weighted by atomic mass is 9.69. The van der Waals surface area contributed by atoms with Gasteiger partial charge >= 0.3 is 5.97 Å². The van der Waals surface area contributed by atoms with Crippen molar-refractivity contribution in [3.05, 3.63) is 69.2 Å². The zero-order chi connectivity index (χ0) is 30.1. The van der Waals surface area contributed by atoms with Gasteiger partial charge in [0.25, 0.3) is 11.8 Å². The molecule has 0 bridgehead atoms. The molecule has 9 heteroatoms. The molecule has 1 aliphatic carbocycles. The van der Waals surface area contributed by atoms with Crippen molar-refractivity contribution < 1.29 is 19.5 Å². The molecule has 2 aliphatic rings. The quantitative estimate of drug-likeness (QED) is 0.336. The number of rotatable bonds is 8. The van der Waals surface area contributed by atoms with Crippen LogP contribution in [0, 0.1) is 17.3 Å². The average Bonchev–Trinajstić information content (AvgIpc) is 3.14.